The van der Waals surface area contributed by atoms with Gasteiger partial charge in [0, 0.05) is 1.37 Å². The van der Waals surface area contributed by atoms with Crippen molar-refractivity contribution in [2.24, 2.45) is 0 Å². The molecule has 4 unspecified atom stereocenters. The van der Waals surface area contributed by atoms with Crippen molar-refractivity contribution in [3.05, 3.63) is 0 Å². The lowest BCUT2D eigenvalue weighted by Crippen LogP contribution is -2.32. The monoisotopic (exact) mass is 131 g/mol. The van der Waals surface area contributed by atoms with E-state index in [-0.39, 0.29) is 12.5 Å². The van der Waals surface area contributed by atoms with E-state index in [1.165, 1.54) is 0 Å². The maximum atomic E-state index is 9.20. The van der Waals surface area contributed by atoms with Gasteiger partial charge in [-0.1, -0.05) is 0 Å². The second-order valence-electron chi connectivity index (χ2n) is 2.42. The molecule has 0 aromatic carbocycles. The molecule has 3 heteroatoms. The van der Waals surface area contributed by atoms with Gasteiger partial charge in [0.2, 0.25) is 0 Å². The highest BCUT2D eigenvalue weighted by Gasteiger charge is 2.36. The fourth-order valence-electron chi connectivity index (χ4n) is 1.17. The third-order valence-corrected chi connectivity index (χ3v) is 1.69. The highest BCUT2D eigenvalue weighted by molar-refractivity contribution is 4.77. The topological polar surface area (TPSA) is 38.7 Å². The van der Waals surface area contributed by atoms with E-state index in [0.29, 0.717) is 13.0 Å². The van der Waals surface area contributed by atoms with Crippen LogP contribution in [0, 0.1) is 0 Å². The van der Waals surface area contributed by atoms with Crippen molar-refractivity contribution < 1.29 is 16.0 Å². The van der Waals surface area contributed by atoms with Crippen molar-refractivity contribution >= 4 is 0 Å². The molecule has 0 aromatic heterocycles. The maximum absolute atomic E-state index is 9.20. The number of hydrogen-bond acceptors (Lipinski definition) is 3. The Morgan fingerprint density at radius 3 is 3.44 bits per heavy atom. The Morgan fingerprint density at radius 1 is 1.67 bits per heavy atom. The van der Waals surface area contributed by atoms with E-state index in [1.54, 1.807) is 0 Å². The van der Waals surface area contributed by atoms with Gasteiger partial charge in [-0.2, -0.15) is 0 Å². The number of aliphatic hydroxyl groups is 1. The molecule has 0 aliphatic carbocycles. The molecule has 9 heavy (non-hydrogen) atoms. The zero-order valence-electron chi connectivity index (χ0n) is 5.99. The molecule has 2 fully saturated rings. The van der Waals surface area contributed by atoms with Crippen molar-refractivity contribution in [1.29, 1.82) is 0 Å². The lowest BCUT2D eigenvalue weighted by atomic mass is 10.1. The number of ether oxygens (including phenoxy) is 2. The lowest BCUT2D eigenvalue weighted by molar-refractivity contribution is -0.152. The van der Waals surface area contributed by atoms with E-state index < -0.39 is 12.4 Å². The molecule has 2 aliphatic rings. The summed E-state index contributed by atoms with van der Waals surface area (Å²) in [5.41, 5.74) is 0. The molecule has 3 nitrogen and oxygen atoms in total. The summed E-state index contributed by atoms with van der Waals surface area (Å²) in [5.74, 6) is 0. The van der Waals surface area contributed by atoms with Gasteiger partial charge in [0.1, 0.15) is 6.10 Å². The first-order valence-corrected chi connectivity index (χ1v) is 3.15. The van der Waals surface area contributed by atoms with Gasteiger partial charge >= 0.3 is 0 Å². The molecular formula is C6H10O3. The molecule has 4 atom stereocenters. The van der Waals surface area contributed by atoms with Crippen LogP contribution in [0.5, 0.6) is 0 Å². The minimum absolute atomic E-state index is 0.103. The smallest absolute Gasteiger partial charge is 0.183 e. The maximum Gasteiger partial charge on any atom is 0.183 e. The Morgan fingerprint density at radius 2 is 2.56 bits per heavy atom. The molecule has 0 radical (unpaired) electrons. The molecule has 0 amide bonds. The molecule has 2 aliphatic heterocycles. The second-order valence-corrected chi connectivity index (χ2v) is 2.42. The van der Waals surface area contributed by atoms with Crippen LogP contribution in [0.3, 0.4) is 0 Å². The molecule has 2 heterocycles. The quantitative estimate of drug-likeness (QED) is 0.498. The standard InChI is InChI=1S/C6H10O3/c7-5-2-1-4-3-8-6(5)9-4/h4-7H,1-3H2/i1D. The number of fused-ring (bicyclic) bond motifs is 2. The van der Waals surface area contributed by atoms with Crippen molar-refractivity contribution in [2.75, 3.05) is 6.61 Å². The van der Waals surface area contributed by atoms with Crippen LogP contribution >= 0.6 is 0 Å². The molecule has 2 bridgehead atoms. The summed E-state index contributed by atoms with van der Waals surface area (Å²) < 4.78 is 17.7. The molecule has 1 N–H and O–H groups in total. The number of rotatable bonds is 0. The average Bonchev–Trinajstić information content (AvgIpc) is 2.28. The molecule has 52 valence electrons. The highest BCUT2D eigenvalue weighted by atomic mass is 16.7. The Bertz CT molecular complexity index is 127. The zero-order chi connectivity index (χ0) is 7.14. The van der Waals surface area contributed by atoms with Crippen LogP contribution in [0.15, 0.2) is 0 Å². The van der Waals surface area contributed by atoms with Crippen molar-refractivity contribution in [3.63, 3.8) is 0 Å². The van der Waals surface area contributed by atoms with Gasteiger partial charge in [-0.25, -0.2) is 0 Å². The van der Waals surface area contributed by atoms with Crippen LogP contribution in [0.25, 0.3) is 0 Å². The molecule has 2 saturated heterocycles. The summed E-state index contributed by atoms with van der Waals surface area (Å²) in [5, 5.41) is 9.20. The first-order valence-electron chi connectivity index (χ1n) is 3.72. The average molecular weight is 131 g/mol. The van der Waals surface area contributed by atoms with Crippen molar-refractivity contribution in [1.82, 2.24) is 0 Å². The van der Waals surface area contributed by atoms with E-state index >= 15 is 0 Å². The largest absolute Gasteiger partial charge is 0.388 e. The van der Waals surface area contributed by atoms with E-state index in [1.807, 2.05) is 0 Å². The highest BCUT2D eigenvalue weighted by Crippen LogP contribution is 2.26. The van der Waals surface area contributed by atoms with Crippen LogP contribution in [0.4, 0.5) is 0 Å². The van der Waals surface area contributed by atoms with Gasteiger partial charge in [0.15, 0.2) is 6.29 Å². The van der Waals surface area contributed by atoms with Crippen molar-refractivity contribution in [3.8, 4) is 0 Å². The molecular weight excluding hydrogens is 120 g/mol. The Kier molecular flexibility index (Phi) is 1.00. The minimum atomic E-state index is -0.596. The predicted molar refractivity (Wildman–Crippen MR) is 29.9 cm³/mol. The summed E-state index contributed by atoms with van der Waals surface area (Å²) in [4.78, 5) is 0. The van der Waals surface area contributed by atoms with Gasteiger partial charge in [-0.15, -0.1) is 0 Å². The minimum Gasteiger partial charge on any atom is -0.388 e. The predicted octanol–water partition coefficient (Wildman–Crippen LogP) is -0.117. The third kappa shape index (κ3) is 0.852. The fourth-order valence-corrected chi connectivity index (χ4v) is 1.17. The van der Waals surface area contributed by atoms with E-state index in [9.17, 15) is 5.11 Å². The lowest BCUT2D eigenvalue weighted by Gasteiger charge is -2.22. The van der Waals surface area contributed by atoms with Crippen LogP contribution < -0.4 is 0 Å². The Hall–Kier alpha value is -0.120. The third-order valence-electron chi connectivity index (χ3n) is 1.69. The van der Waals surface area contributed by atoms with Crippen LogP contribution in [0.2, 0.25) is 0 Å². The van der Waals surface area contributed by atoms with E-state index in [0.717, 1.165) is 0 Å². The zero-order valence-corrected chi connectivity index (χ0v) is 4.99. The fraction of sp³-hybridized carbons (Fsp3) is 1.00. The van der Waals surface area contributed by atoms with E-state index in [4.69, 9.17) is 10.8 Å². The molecule has 0 saturated carbocycles. The normalized spacial score (nSPS) is 59.4. The first kappa shape index (κ1) is 4.66. The van der Waals surface area contributed by atoms with Gasteiger partial charge in [-0.3, -0.25) is 0 Å². The summed E-state index contributed by atoms with van der Waals surface area (Å²) in [6.45, 7) is 0.468. The van der Waals surface area contributed by atoms with Gasteiger partial charge in [-0.05, 0) is 12.8 Å². The van der Waals surface area contributed by atoms with Crippen molar-refractivity contribution in [2.45, 2.75) is 31.3 Å². The molecule has 0 aromatic rings. The van der Waals surface area contributed by atoms with Crippen LogP contribution in [-0.4, -0.2) is 30.2 Å². The van der Waals surface area contributed by atoms with Gasteiger partial charge in [0.25, 0.3) is 0 Å². The Balaban J connectivity index is 2.09. The summed E-state index contributed by atoms with van der Waals surface area (Å²) in [7, 11) is 0. The second kappa shape index (κ2) is 1.94. The van der Waals surface area contributed by atoms with Gasteiger partial charge < -0.3 is 14.6 Å². The summed E-state index contributed by atoms with van der Waals surface area (Å²) in [6.07, 6.45) is -0.981. The number of hydrogen-bond donors (Lipinski definition) is 1. The SMILES string of the molecule is [2H]C1CC(O)C2OCC1O2. The number of aliphatic hydroxyl groups excluding tert-OH is 1. The summed E-state index contributed by atoms with van der Waals surface area (Å²) in [6, 6.07) is 0. The molecule has 2 rings (SSSR count). The van der Waals surface area contributed by atoms with E-state index in [2.05, 4.69) is 0 Å². The summed E-state index contributed by atoms with van der Waals surface area (Å²) >= 11 is 0. The first-order chi connectivity index (χ1) is 4.77. The van der Waals surface area contributed by atoms with Gasteiger partial charge in [0.05, 0.1) is 12.7 Å². The van der Waals surface area contributed by atoms with Crippen LogP contribution in [-0.2, 0) is 9.47 Å². The van der Waals surface area contributed by atoms with Crippen LogP contribution in [0.1, 0.15) is 14.2 Å². The molecule has 0 spiro atoms. The Labute approximate surface area is 55.0 Å².